The first kappa shape index (κ1) is 13.5. The molecule has 104 valence electrons. The van der Waals surface area contributed by atoms with Crippen LogP contribution >= 0.6 is 0 Å². The number of nitro benzene ring substituents is 1. The number of rotatable bonds is 5. The summed E-state index contributed by atoms with van der Waals surface area (Å²) < 4.78 is 18.3. The molecule has 2 rings (SSSR count). The molecule has 1 heterocycles. The van der Waals surface area contributed by atoms with Crippen LogP contribution in [0, 0.1) is 15.9 Å². The monoisotopic (exact) mass is 280 g/mol. The largest absolute Gasteiger partial charge is 0.475 e. The number of para-hydroxylation sites is 1. The van der Waals surface area contributed by atoms with E-state index in [1.54, 1.807) is 0 Å². The average molecular weight is 280 g/mol. The number of benzene rings is 1. The molecule has 0 bridgehead atoms. The number of hydrogen-bond acceptors (Lipinski definition) is 5. The number of carboxylic acid groups (broad SMARTS) is 1. The molecule has 8 heteroatoms. The van der Waals surface area contributed by atoms with Gasteiger partial charge in [-0.2, -0.15) is 4.39 Å². The van der Waals surface area contributed by atoms with Gasteiger partial charge in [0.1, 0.15) is 11.4 Å². The number of halogens is 1. The van der Waals surface area contributed by atoms with E-state index in [0.29, 0.717) is 0 Å². The van der Waals surface area contributed by atoms with Crippen LogP contribution in [0.15, 0.2) is 34.7 Å². The van der Waals surface area contributed by atoms with E-state index in [9.17, 15) is 19.3 Å². The smallest absolute Gasteiger partial charge is 0.371 e. The molecule has 0 spiro atoms. The van der Waals surface area contributed by atoms with E-state index in [1.807, 2.05) is 0 Å². The Morgan fingerprint density at radius 3 is 2.75 bits per heavy atom. The maximum Gasteiger partial charge on any atom is 0.371 e. The van der Waals surface area contributed by atoms with E-state index in [4.69, 9.17) is 9.52 Å². The summed E-state index contributed by atoms with van der Waals surface area (Å²) in [5.41, 5.74) is -0.680. The number of carboxylic acids is 1. The summed E-state index contributed by atoms with van der Waals surface area (Å²) in [6.07, 6.45) is 0. The molecule has 2 N–H and O–H groups in total. The third-order valence-electron chi connectivity index (χ3n) is 2.49. The predicted molar refractivity (Wildman–Crippen MR) is 66.0 cm³/mol. The molecule has 0 aliphatic carbocycles. The summed E-state index contributed by atoms with van der Waals surface area (Å²) in [5.74, 6) is -2.14. The molecular weight excluding hydrogens is 271 g/mol. The Bertz CT molecular complexity index is 668. The molecule has 0 radical (unpaired) electrons. The van der Waals surface area contributed by atoms with Crippen LogP contribution < -0.4 is 5.32 Å². The van der Waals surface area contributed by atoms with E-state index < -0.39 is 22.4 Å². The summed E-state index contributed by atoms with van der Waals surface area (Å²) in [5, 5.41) is 22.1. The van der Waals surface area contributed by atoms with Crippen LogP contribution in [0.5, 0.6) is 0 Å². The van der Waals surface area contributed by atoms with Crippen molar-refractivity contribution in [3.8, 4) is 0 Å². The Balaban J connectivity index is 2.16. The van der Waals surface area contributed by atoms with Crippen LogP contribution in [-0.4, -0.2) is 16.0 Å². The van der Waals surface area contributed by atoms with Crippen molar-refractivity contribution in [1.82, 2.24) is 0 Å². The van der Waals surface area contributed by atoms with Crippen LogP contribution in [0.3, 0.4) is 0 Å². The maximum atomic E-state index is 13.4. The zero-order valence-electron chi connectivity index (χ0n) is 10.00. The number of nitrogens with zero attached hydrogens (tertiary/aromatic N) is 1. The van der Waals surface area contributed by atoms with Crippen molar-refractivity contribution < 1.29 is 23.6 Å². The third-order valence-corrected chi connectivity index (χ3v) is 2.49. The minimum Gasteiger partial charge on any atom is -0.475 e. The maximum absolute atomic E-state index is 13.4. The van der Waals surface area contributed by atoms with E-state index in [0.717, 1.165) is 6.07 Å². The Morgan fingerprint density at radius 2 is 2.15 bits per heavy atom. The SMILES string of the molecule is O=C(O)c1ccc(CNc2cccc(F)c2[N+](=O)[O-])o1. The lowest BCUT2D eigenvalue weighted by molar-refractivity contribution is -0.386. The quantitative estimate of drug-likeness (QED) is 0.644. The Kier molecular flexibility index (Phi) is 3.65. The van der Waals surface area contributed by atoms with Gasteiger partial charge >= 0.3 is 11.7 Å². The summed E-state index contributed by atoms with van der Waals surface area (Å²) >= 11 is 0. The van der Waals surface area contributed by atoms with E-state index in [-0.39, 0.29) is 23.8 Å². The average Bonchev–Trinajstić information content (AvgIpc) is 2.84. The van der Waals surface area contributed by atoms with Gasteiger partial charge in [-0.1, -0.05) is 6.07 Å². The number of nitrogens with one attached hydrogen (secondary N) is 1. The Morgan fingerprint density at radius 1 is 1.40 bits per heavy atom. The molecule has 20 heavy (non-hydrogen) atoms. The Labute approximate surface area is 111 Å². The summed E-state index contributed by atoms with van der Waals surface area (Å²) in [4.78, 5) is 20.6. The standard InChI is InChI=1S/C12H9FN2O5/c13-8-2-1-3-9(11(8)15(18)19)14-6-7-4-5-10(20-7)12(16)17/h1-5,14H,6H2,(H,16,17). The molecule has 0 amide bonds. The van der Waals surface area contributed by atoms with Gasteiger partial charge in [-0.05, 0) is 24.3 Å². The van der Waals surface area contributed by atoms with Crippen molar-refractivity contribution in [3.05, 3.63) is 57.8 Å². The van der Waals surface area contributed by atoms with Gasteiger partial charge in [0.05, 0.1) is 11.5 Å². The molecule has 7 nitrogen and oxygen atoms in total. The molecule has 1 aromatic carbocycles. The van der Waals surface area contributed by atoms with Gasteiger partial charge in [-0.15, -0.1) is 0 Å². The van der Waals surface area contributed by atoms with Gasteiger partial charge in [0.25, 0.3) is 0 Å². The van der Waals surface area contributed by atoms with Crippen LogP contribution in [0.4, 0.5) is 15.8 Å². The van der Waals surface area contributed by atoms with E-state index >= 15 is 0 Å². The zero-order chi connectivity index (χ0) is 14.7. The van der Waals surface area contributed by atoms with Gasteiger partial charge < -0.3 is 14.8 Å². The molecule has 1 aromatic heterocycles. The molecule has 0 unspecified atom stereocenters. The van der Waals surface area contributed by atoms with Crippen molar-refractivity contribution in [2.24, 2.45) is 0 Å². The van der Waals surface area contributed by atoms with E-state index in [2.05, 4.69) is 5.32 Å². The topological polar surface area (TPSA) is 106 Å². The number of anilines is 1. The molecule has 0 saturated heterocycles. The first-order valence-electron chi connectivity index (χ1n) is 5.48. The van der Waals surface area contributed by atoms with Crippen molar-refractivity contribution in [2.75, 3.05) is 5.32 Å². The fraction of sp³-hybridized carbons (Fsp3) is 0.0833. The predicted octanol–water partition coefficient (Wildman–Crippen LogP) is 2.64. The highest BCUT2D eigenvalue weighted by molar-refractivity contribution is 5.84. The molecule has 0 atom stereocenters. The van der Waals surface area contributed by atoms with Crippen LogP contribution in [0.25, 0.3) is 0 Å². The van der Waals surface area contributed by atoms with Crippen LogP contribution in [-0.2, 0) is 6.54 Å². The molecular formula is C12H9FN2O5. The summed E-state index contributed by atoms with van der Waals surface area (Å²) in [6, 6.07) is 6.34. The molecule has 2 aromatic rings. The number of carbonyl (C=O) groups is 1. The van der Waals surface area contributed by atoms with Gasteiger partial charge in [0.2, 0.25) is 11.6 Å². The van der Waals surface area contributed by atoms with E-state index in [1.165, 1.54) is 24.3 Å². The van der Waals surface area contributed by atoms with Crippen molar-refractivity contribution in [1.29, 1.82) is 0 Å². The first-order chi connectivity index (χ1) is 9.49. The zero-order valence-corrected chi connectivity index (χ0v) is 10.00. The highest BCUT2D eigenvalue weighted by atomic mass is 19.1. The highest BCUT2D eigenvalue weighted by Gasteiger charge is 2.19. The number of furan rings is 1. The first-order valence-corrected chi connectivity index (χ1v) is 5.48. The number of nitro groups is 1. The lowest BCUT2D eigenvalue weighted by atomic mass is 10.2. The van der Waals surface area contributed by atoms with Crippen molar-refractivity contribution >= 4 is 17.3 Å². The Hall–Kier alpha value is -2.90. The van der Waals surface area contributed by atoms with Crippen molar-refractivity contribution in [2.45, 2.75) is 6.54 Å². The summed E-state index contributed by atoms with van der Waals surface area (Å²) in [6.45, 7) is -0.00241. The molecule has 0 aliphatic rings. The van der Waals surface area contributed by atoms with Crippen LogP contribution in [0.1, 0.15) is 16.3 Å². The molecule has 0 aliphatic heterocycles. The second-order valence-corrected chi connectivity index (χ2v) is 3.82. The summed E-state index contributed by atoms with van der Waals surface area (Å²) in [7, 11) is 0. The minimum absolute atomic E-state index is 0.00241. The fourth-order valence-corrected chi connectivity index (χ4v) is 1.61. The lowest BCUT2D eigenvalue weighted by Gasteiger charge is -2.05. The van der Waals surface area contributed by atoms with Gasteiger partial charge in [0, 0.05) is 0 Å². The normalized spacial score (nSPS) is 10.2. The third kappa shape index (κ3) is 2.74. The fourth-order valence-electron chi connectivity index (χ4n) is 1.61. The van der Waals surface area contributed by atoms with Crippen LogP contribution in [0.2, 0.25) is 0 Å². The molecule has 0 fully saturated rings. The molecule has 0 saturated carbocycles. The van der Waals surface area contributed by atoms with Crippen molar-refractivity contribution in [3.63, 3.8) is 0 Å². The van der Waals surface area contributed by atoms with Gasteiger partial charge in [-0.25, -0.2) is 4.79 Å². The highest BCUT2D eigenvalue weighted by Crippen LogP contribution is 2.27. The second kappa shape index (κ2) is 5.39. The minimum atomic E-state index is -1.21. The second-order valence-electron chi connectivity index (χ2n) is 3.82. The number of hydrogen-bond donors (Lipinski definition) is 2. The number of aromatic carboxylic acids is 1. The lowest BCUT2D eigenvalue weighted by Crippen LogP contribution is -2.03. The van der Waals surface area contributed by atoms with Gasteiger partial charge in [-0.3, -0.25) is 10.1 Å². The van der Waals surface area contributed by atoms with Gasteiger partial charge in [0.15, 0.2) is 0 Å².